The van der Waals surface area contributed by atoms with Gasteiger partial charge in [0.15, 0.2) is 5.82 Å². The molecule has 0 aliphatic heterocycles. The molecule has 0 atom stereocenters. The lowest BCUT2D eigenvalue weighted by atomic mass is 10.1. The van der Waals surface area contributed by atoms with Gasteiger partial charge in [0, 0.05) is 12.4 Å². The molecule has 0 fully saturated rings. The van der Waals surface area contributed by atoms with Crippen LogP contribution in [0.15, 0.2) is 30.6 Å². The number of aromatic amines is 2. The molecular formula is C12H10N4O. The lowest BCUT2D eigenvalue weighted by molar-refractivity contribution is 0.103. The van der Waals surface area contributed by atoms with E-state index in [-0.39, 0.29) is 5.78 Å². The van der Waals surface area contributed by atoms with Gasteiger partial charge in [-0.15, -0.1) is 0 Å². The summed E-state index contributed by atoms with van der Waals surface area (Å²) in [5.74, 6) is 0.977. The van der Waals surface area contributed by atoms with Crippen molar-refractivity contribution < 1.29 is 4.79 Å². The van der Waals surface area contributed by atoms with Crippen LogP contribution in [0, 0.1) is 6.92 Å². The summed E-state index contributed by atoms with van der Waals surface area (Å²) in [6.45, 7) is 1.86. The number of rotatable bonds is 2. The summed E-state index contributed by atoms with van der Waals surface area (Å²) in [4.78, 5) is 26.4. The summed E-state index contributed by atoms with van der Waals surface area (Å²) < 4.78 is 0. The van der Waals surface area contributed by atoms with Gasteiger partial charge in [0.2, 0.25) is 5.78 Å². The lowest BCUT2D eigenvalue weighted by Gasteiger charge is -1.98. The minimum atomic E-state index is -0.146. The molecule has 0 bridgehead atoms. The number of benzene rings is 1. The van der Waals surface area contributed by atoms with E-state index in [2.05, 4.69) is 19.9 Å². The van der Waals surface area contributed by atoms with Gasteiger partial charge in [-0.25, -0.2) is 9.97 Å². The number of nitrogens with zero attached hydrogens (tertiary/aromatic N) is 2. The zero-order valence-corrected chi connectivity index (χ0v) is 9.19. The first-order valence-corrected chi connectivity index (χ1v) is 5.25. The highest BCUT2D eigenvalue weighted by Crippen LogP contribution is 2.18. The Labute approximate surface area is 96.9 Å². The van der Waals surface area contributed by atoms with E-state index in [1.54, 1.807) is 18.5 Å². The molecule has 0 saturated heterocycles. The summed E-state index contributed by atoms with van der Waals surface area (Å²) in [6, 6.07) is 5.48. The third-order valence-electron chi connectivity index (χ3n) is 2.59. The first kappa shape index (κ1) is 9.77. The molecular weight excluding hydrogens is 216 g/mol. The van der Waals surface area contributed by atoms with E-state index in [0.717, 1.165) is 11.3 Å². The first-order valence-electron chi connectivity index (χ1n) is 5.25. The van der Waals surface area contributed by atoms with E-state index in [0.29, 0.717) is 16.9 Å². The second-order valence-corrected chi connectivity index (χ2v) is 3.79. The zero-order valence-electron chi connectivity index (χ0n) is 9.19. The maximum Gasteiger partial charge on any atom is 0.230 e. The molecule has 0 aliphatic rings. The number of ketones is 1. The fraction of sp³-hybridized carbons (Fsp3) is 0.0833. The number of aromatic nitrogens is 4. The van der Waals surface area contributed by atoms with Gasteiger partial charge in [0.25, 0.3) is 0 Å². The molecule has 2 aromatic heterocycles. The van der Waals surface area contributed by atoms with Crippen molar-refractivity contribution in [2.75, 3.05) is 0 Å². The first-order chi connectivity index (χ1) is 8.25. The molecule has 0 spiro atoms. The van der Waals surface area contributed by atoms with Gasteiger partial charge in [0.05, 0.1) is 16.6 Å². The van der Waals surface area contributed by atoms with Crippen molar-refractivity contribution in [2.45, 2.75) is 6.92 Å². The lowest BCUT2D eigenvalue weighted by Crippen LogP contribution is -2.04. The summed E-state index contributed by atoms with van der Waals surface area (Å²) in [5, 5.41) is 0. The van der Waals surface area contributed by atoms with Crippen molar-refractivity contribution >= 4 is 16.8 Å². The Balaban J connectivity index is 2.20. The van der Waals surface area contributed by atoms with Crippen LogP contribution >= 0.6 is 0 Å². The van der Waals surface area contributed by atoms with Crippen molar-refractivity contribution in [3.63, 3.8) is 0 Å². The average molecular weight is 226 g/mol. The van der Waals surface area contributed by atoms with Gasteiger partial charge < -0.3 is 9.97 Å². The minimum Gasteiger partial charge on any atom is -0.342 e. The number of para-hydroxylation sites is 1. The van der Waals surface area contributed by atoms with Crippen molar-refractivity contribution in [2.24, 2.45) is 0 Å². The molecule has 1 aromatic carbocycles. The van der Waals surface area contributed by atoms with Gasteiger partial charge >= 0.3 is 0 Å². The fourth-order valence-corrected chi connectivity index (χ4v) is 1.86. The number of imidazole rings is 2. The van der Waals surface area contributed by atoms with E-state index in [1.807, 2.05) is 19.1 Å². The van der Waals surface area contributed by atoms with Crippen LogP contribution in [0.3, 0.4) is 0 Å². The van der Waals surface area contributed by atoms with E-state index in [1.165, 1.54) is 0 Å². The molecule has 0 aliphatic carbocycles. The summed E-state index contributed by atoms with van der Waals surface area (Å²) >= 11 is 0. The molecule has 0 amide bonds. The Morgan fingerprint density at radius 1 is 1.35 bits per heavy atom. The van der Waals surface area contributed by atoms with Crippen molar-refractivity contribution in [1.29, 1.82) is 0 Å². The molecule has 2 N–H and O–H groups in total. The third-order valence-corrected chi connectivity index (χ3v) is 2.59. The van der Waals surface area contributed by atoms with Gasteiger partial charge in [-0.1, -0.05) is 6.07 Å². The number of hydrogen-bond acceptors (Lipinski definition) is 3. The second kappa shape index (κ2) is 3.55. The smallest absolute Gasteiger partial charge is 0.230 e. The van der Waals surface area contributed by atoms with Gasteiger partial charge in [0.1, 0.15) is 5.82 Å². The molecule has 3 aromatic rings. The molecule has 0 unspecified atom stereocenters. The third kappa shape index (κ3) is 1.52. The molecule has 84 valence electrons. The predicted molar refractivity (Wildman–Crippen MR) is 62.9 cm³/mol. The van der Waals surface area contributed by atoms with E-state index < -0.39 is 0 Å². The molecule has 5 heteroatoms. The highest BCUT2D eigenvalue weighted by molar-refractivity contribution is 6.13. The molecule has 0 radical (unpaired) electrons. The van der Waals surface area contributed by atoms with Crippen LogP contribution < -0.4 is 0 Å². The normalized spacial score (nSPS) is 10.9. The standard InChI is InChI=1S/C12H10N4O/c1-7-15-9-4-2-3-8(10(9)16-7)11(17)12-13-5-6-14-12/h2-6H,1H3,(H,13,14)(H,15,16). The fourth-order valence-electron chi connectivity index (χ4n) is 1.86. The van der Waals surface area contributed by atoms with Crippen LogP contribution in [0.25, 0.3) is 11.0 Å². The van der Waals surface area contributed by atoms with Gasteiger partial charge in [-0.2, -0.15) is 0 Å². The molecule has 0 saturated carbocycles. The highest BCUT2D eigenvalue weighted by Gasteiger charge is 2.16. The molecule has 17 heavy (non-hydrogen) atoms. The Kier molecular flexibility index (Phi) is 2.04. The number of carbonyl (C=O) groups is 1. The maximum atomic E-state index is 12.2. The zero-order chi connectivity index (χ0) is 11.8. The predicted octanol–water partition coefficient (Wildman–Crippen LogP) is 1.83. The van der Waals surface area contributed by atoms with E-state index in [9.17, 15) is 4.79 Å². The molecule has 2 heterocycles. The number of aryl methyl sites for hydroxylation is 1. The van der Waals surface area contributed by atoms with Crippen LogP contribution in [0.1, 0.15) is 22.0 Å². The van der Waals surface area contributed by atoms with E-state index in [4.69, 9.17) is 0 Å². The summed E-state index contributed by atoms with van der Waals surface area (Å²) in [5.41, 5.74) is 2.10. The molecule has 3 rings (SSSR count). The van der Waals surface area contributed by atoms with Crippen LogP contribution in [-0.2, 0) is 0 Å². The SMILES string of the molecule is Cc1nc2c(C(=O)c3ncc[nH]3)cccc2[nH]1. The second-order valence-electron chi connectivity index (χ2n) is 3.79. The quantitative estimate of drug-likeness (QED) is 0.654. The maximum absolute atomic E-state index is 12.2. The van der Waals surface area contributed by atoms with Crippen LogP contribution in [0.2, 0.25) is 0 Å². The minimum absolute atomic E-state index is 0.146. The summed E-state index contributed by atoms with van der Waals surface area (Å²) in [7, 11) is 0. The topological polar surface area (TPSA) is 74.4 Å². The number of hydrogen-bond donors (Lipinski definition) is 2. The summed E-state index contributed by atoms with van der Waals surface area (Å²) in [6.07, 6.45) is 3.19. The van der Waals surface area contributed by atoms with Crippen molar-refractivity contribution in [1.82, 2.24) is 19.9 Å². The number of carbonyl (C=O) groups excluding carboxylic acids is 1. The van der Waals surface area contributed by atoms with Crippen molar-refractivity contribution in [3.05, 3.63) is 47.8 Å². The van der Waals surface area contributed by atoms with E-state index >= 15 is 0 Å². The van der Waals surface area contributed by atoms with Gasteiger partial charge in [-0.05, 0) is 19.1 Å². The Bertz CT molecular complexity index is 682. The Morgan fingerprint density at radius 3 is 3.00 bits per heavy atom. The van der Waals surface area contributed by atoms with Crippen LogP contribution in [-0.4, -0.2) is 25.7 Å². The number of fused-ring (bicyclic) bond motifs is 1. The largest absolute Gasteiger partial charge is 0.342 e. The number of H-pyrrole nitrogens is 2. The van der Waals surface area contributed by atoms with Crippen LogP contribution in [0.5, 0.6) is 0 Å². The van der Waals surface area contributed by atoms with Crippen LogP contribution in [0.4, 0.5) is 0 Å². The number of nitrogens with one attached hydrogen (secondary N) is 2. The molecule has 5 nitrogen and oxygen atoms in total. The Morgan fingerprint density at radius 2 is 2.24 bits per heavy atom. The monoisotopic (exact) mass is 226 g/mol. The average Bonchev–Trinajstić information content (AvgIpc) is 2.94. The van der Waals surface area contributed by atoms with Gasteiger partial charge in [-0.3, -0.25) is 4.79 Å². The van der Waals surface area contributed by atoms with Crippen molar-refractivity contribution in [3.8, 4) is 0 Å². The highest BCUT2D eigenvalue weighted by atomic mass is 16.1. The Hall–Kier alpha value is -2.43.